The summed E-state index contributed by atoms with van der Waals surface area (Å²) in [6.07, 6.45) is 3.46. The lowest BCUT2D eigenvalue weighted by molar-refractivity contribution is 0.103. The van der Waals surface area contributed by atoms with Crippen molar-refractivity contribution in [3.8, 4) is 6.07 Å². The van der Waals surface area contributed by atoms with E-state index in [1.807, 2.05) is 30.3 Å². The number of benzene rings is 4. The van der Waals surface area contributed by atoms with Gasteiger partial charge in [0.15, 0.2) is 0 Å². The number of nitrogens with zero attached hydrogens (tertiary/aromatic N) is 6. The standard InChI is InChI=1S/C37H28Cl2F2N8O2/c38-30-15-26(10-11-32(30)41)44-34-24(17-42)18-43-36-29(34)14-27(16-31(36)39)45-35(23-6-8-25(40)9-7-23)33-20-49(47-46-33)28-12-13-48(19-28)37(50)51-21-22-4-2-1-3-5-22/h1-11,14-16,18,20,28,35,45H,12-13,19,21H2,(H,43,44)/t28-,35?/m0/s1. The van der Waals surface area contributed by atoms with E-state index < -0.39 is 23.8 Å². The Kier molecular flexibility index (Phi) is 9.65. The highest BCUT2D eigenvalue weighted by Gasteiger charge is 2.30. The number of pyridine rings is 1. The second kappa shape index (κ2) is 14.6. The number of anilines is 3. The van der Waals surface area contributed by atoms with Gasteiger partial charge in [0.05, 0.1) is 45.1 Å². The lowest BCUT2D eigenvalue weighted by Crippen LogP contribution is -2.29. The molecule has 3 heterocycles. The van der Waals surface area contributed by atoms with Crippen LogP contribution in [0.5, 0.6) is 0 Å². The predicted octanol–water partition coefficient (Wildman–Crippen LogP) is 8.81. The zero-order chi connectivity index (χ0) is 35.5. The molecule has 2 aromatic heterocycles. The van der Waals surface area contributed by atoms with Gasteiger partial charge in [-0.2, -0.15) is 5.26 Å². The fourth-order valence-electron chi connectivity index (χ4n) is 5.97. The highest BCUT2D eigenvalue weighted by Crippen LogP contribution is 2.37. The van der Waals surface area contributed by atoms with Crippen LogP contribution in [-0.4, -0.2) is 44.1 Å². The summed E-state index contributed by atoms with van der Waals surface area (Å²) in [7, 11) is 0. The summed E-state index contributed by atoms with van der Waals surface area (Å²) in [5.74, 6) is -0.973. The Bertz CT molecular complexity index is 2260. The number of carbonyl (C=O) groups is 1. The second-order valence-electron chi connectivity index (χ2n) is 11.9. The number of aromatic nitrogens is 4. The van der Waals surface area contributed by atoms with Crippen LogP contribution in [0.1, 0.15) is 40.9 Å². The van der Waals surface area contributed by atoms with E-state index >= 15 is 0 Å². The number of hydrogen-bond donors (Lipinski definition) is 2. The first-order chi connectivity index (χ1) is 24.7. The molecule has 14 heteroatoms. The number of ether oxygens (including phenoxy) is 1. The Morgan fingerprint density at radius 2 is 1.80 bits per heavy atom. The Labute approximate surface area is 301 Å². The van der Waals surface area contributed by atoms with Gasteiger partial charge in [0.25, 0.3) is 0 Å². The molecule has 256 valence electrons. The number of amides is 1. The molecule has 0 aliphatic carbocycles. The lowest BCUT2D eigenvalue weighted by atomic mass is 10.0. The normalized spacial score (nSPS) is 14.6. The van der Waals surface area contributed by atoms with Gasteiger partial charge in [0.1, 0.15) is 30.0 Å². The quantitative estimate of drug-likeness (QED) is 0.152. The molecule has 1 aliphatic heterocycles. The highest BCUT2D eigenvalue weighted by atomic mass is 35.5. The maximum atomic E-state index is 14.0. The van der Waals surface area contributed by atoms with Crippen molar-refractivity contribution >= 4 is 57.3 Å². The van der Waals surface area contributed by atoms with Crippen LogP contribution in [0.2, 0.25) is 10.0 Å². The van der Waals surface area contributed by atoms with Gasteiger partial charge < -0.3 is 20.3 Å². The van der Waals surface area contributed by atoms with E-state index in [1.165, 1.54) is 36.5 Å². The highest BCUT2D eigenvalue weighted by molar-refractivity contribution is 6.36. The molecule has 0 saturated carbocycles. The van der Waals surface area contributed by atoms with Gasteiger partial charge in [0.2, 0.25) is 0 Å². The van der Waals surface area contributed by atoms with Crippen LogP contribution < -0.4 is 10.6 Å². The number of carbonyl (C=O) groups excluding carboxylic acids is 1. The fourth-order valence-corrected chi connectivity index (χ4v) is 6.41. The molecular weight excluding hydrogens is 697 g/mol. The summed E-state index contributed by atoms with van der Waals surface area (Å²) < 4.78 is 35.2. The van der Waals surface area contributed by atoms with Gasteiger partial charge in [-0.3, -0.25) is 4.98 Å². The van der Waals surface area contributed by atoms with Crippen LogP contribution in [0.4, 0.5) is 30.6 Å². The molecule has 10 nitrogen and oxygen atoms in total. The lowest BCUT2D eigenvalue weighted by Gasteiger charge is -2.20. The number of rotatable bonds is 9. The summed E-state index contributed by atoms with van der Waals surface area (Å²) in [6.45, 7) is 1.08. The molecule has 51 heavy (non-hydrogen) atoms. The molecule has 2 N–H and O–H groups in total. The Balaban J connectivity index is 1.16. The van der Waals surface area contributed by atoms with Crippen LogP contribution >= 0.6 is 23.2 Å². The molecule has 0 spiro atoms. The minimum absolute atomic E-state index is 0.0826. The molecule has 6 aromatic rings. The van der Waals surface area contributed by atoms with Gasteiger partial charge in [-0.25, -0.2) is 18.3 Å². The molecular formula is C37H28Cl2F2N8O2. The van der Waals surface area contributed by atoms with E-state index in [0.29, 0.717) is 63.8 Å². The topological polar surface area (TPSA) is 121 Å². The van der Waals surface area contributed by atoms with Crippen molar-refractivity contribution in [2.45, 2.75) is 25.1 Å². The van der Waals surface area contributed by atoms with Gasteiger partial charge >= 0.3 is 6.09 Å². The van der Waals surface area contributed by atoms with E-state index in [1.54, 1.807) is 40.0 Å². The Hall–Kier alpha value is -5.77. The van der Waals surface area contributed by atoms with Crippen LogP contribution in [0.3, 0.4) is 0 Å². The maximum Gasteiger partial charge on any atom is 0.410 e. The first-order valence-corrected chi connectivity index (χ1v) is 16.6. The van der Waals surface area contributed by atoms with Crippen LogP contribution in [-0.2, 0) is 11.3 Å². The van der Waals surface area contributed by atoms with Crippen LogP contribution in [0.25, 0.3) is 10.9 Å². The average molecular weight is 726 g/mol. The summed E-state index contributed by atoms with van der Waals surface area (Å²) >= 11 is 12.8. The second-order valence-corrected chi connectivity index (χ2v) is 12.8. The van der Waals surface area contributed by atoms with E-state index in [0.717, 1.165) is 5.56 Å². The number of nitrogens with one attached hydrogen (secondary N) is 2. The van der Waals surface area contributed by atoms with E-state index in [-0.39, 0.29) is 23.2 Å². The van der Waals surface area contributed by atoms with Gasteiger partial charge in [-0.05, 0) is 60.0 Å². The fraction of sp³-hybridized carbons (Fsp3) is 0.162. The molecule has 1 amide bonds. The molecule has 1 fully saturated rings. The zero-order valence-corrected chi connectivity index (χ0v) is 28.2. The van der Waals surface area contributed by atoms with Gasteiger partial charge in [0, 0.05) is 36.0 Å². The van der Waals surface area contributed by atoms with Crippen molar-refractivity contribution in [2.75, 3.05) is 23.7 Å². The zero-order valence-electron chi connectivity index (χ0n) is 26.7. The molecule has 4 aromatic carbocycles. The maximum absolute atomic E-state index is 14.0. The molecule has 0 radical (unpaired) electrons. The van der Waals surface area contributed by atoms with Crippen LogP contribution in [0, 0.1) is 23.0 Å². The first kappa shape index (κ1) is 33.7. The van der Waals surface area contributed by atoms with E-state index in [4.69, 9.17) is 27.9 Å². The molecule has 1 aliphatic rings. The van der Waals surface area contributed by atoms with Crippen molar-refractivity contribution in [2.24, 2.45) is 0 Å². The number of nitriles is 1. The average Bonchev–Trinajstić information content (AvgIpc) is 3.83. The number of fused-ring (bicyclic) bond motifs is 1. The molecule has 1 saturated heterocycles. The van der Waals surface area contributed by atoms with Crippen molar-refractivity contribution in [1.82, 2.24) is 24.9 Å². The summed E-state index contributed by atoms with van der Waals surface area (Å²) in [5, 5.41) is 26.2. The largest absolute Gasteiger partial charge is 0.445 e. The monoisotopic (exact) mass is 724 g/mol. The Morgan fingerprint density at radius 3 is 2.57 bits per heavy atom. The van der Waals surface area contributed by atoms with Gasteiger partial charge in [-0.15, -0.1) is 5.10 Å². The molecule has 2 atom stereocenters. The van der Waals surface area contributed by atoms with Crippen molar-refractivity contribution in [1.29, 1.82) is 5.26 Å². The smallest absolute Gasteiger partial charge is 0.410 e. The number of halogens is 4. The number of likely N-dealkylation sites (tertiary alicyclic amines) is 1. The summed E-state index contributed by atoms with van der Waals surface area (Å²) in [4.78, 5) is 18.9. The first-order valence-electron chi connectivity index (χ1n) is 15.9. The van der Waals surface area contributed by atoms with Gasteiger partial charge in [-0.1, -0.05) is 70.9 Å². The summed E-state index contributed by atoms with van der Waals surface area (Å²) in [6, 6.07) is 24.5. The number of hydrogen-bond acceptors (Lipinski definition) is 8. The predicted molar refractivity (Wildman–Crippen MR) is 190 cm³/mol. The Morgan fingerprint density at radius 1 is 1.02 bits per heavy atom. The van der Waals surface area contributed by atoms with Crippen LogP contribution in [0.15, 0.2) is 97.3 Å². The van der Waals surface area contributed by atoms with E-state index in [2.05, 4.69) is 32.0 Å². The third kappa shape index (κ3) is 7.40. The van der Waals surface area contributed by atoms with Crippen molar-refractivity contribution < 1.29 is 18.3 Å². The molecule has 0 bridgehead atoms. The van der Waals surface area contributed by atoms with E-state index in [9.17, 15) is 18.8 Å². The minimum Gasteiger partial charge on any atom is -0.445 e. The SMILES string of the molecule is N#Cc1cnc2c(Cl)cc(NC(c3ccc(F)cc3)c3cn([C@H]4CCN(C(=O)OCc5ccccc5)C4)nn3)cc2c1Nc1ccc(F)c(Cl)c1. The summed E-state index contributed by atoms with van der Waals surface area (Å²) in [5.41, 5.74) is 4.18. The third-order valence-corrected chi connectivity index (χ3v) is 9.15. The minimum atomic E-state index is -0.611. The molecule has 1 unspecified atom stereocenters. The van der Waals surface area contributed by atoms with Crippen molar-refractivity contribution in [3.05, 3.63) is 141 Å². The molecule has 7 rings (SSSR count). The third-order valence-electron chi connectivity index (χ3n) is 8.57. The van der Waals surface area contributed by atoms with Crippen molar-refractivity contribution in [3.63, 3.8) is 0 Å².